The van der Waals surface area contributed by atoms with Gasteiger partial charge >= 0.3 is 5.16 Å². The second-order valence-corrected chi connectivity index (χ2v) is 8.34. The van der Waals surface area contributed by atoms with E-state index in [0.717, 1.165) is 24.6 Å². The molecular formula is C17H24N4O2S. The van der Waals surface area contributed by atoms with E-state index in [1.807, 2.05) is 6.07 Å². The van der Waals surface area contributed by atoms with Gasteiger partial charge < -0.3 is 14.0 Å². The van der Waals surface area contributed by atoms with Crippen molar-refractivity contribution in [3.8, 4) is 0 Å². The van der Waals surface area contributed by atoms with Gasteiger partial charge in [0.15, 0.2) is 0 Å². The van der Waals surface area contributed by atoms with E-state index in [1.54, 1.807) is 31.4 Å². The number of hydrogen-bond donors (Lipinski definition) is 0. The highest BCUT2D eigenvalue weighted by atomic mass is 32.2. The lowest BCUT2D eigenvalue weighted by Crippen LogP contribution is -2.47. The zero-order valence-corrected chi connectivity index (χ0v) is 15.7. The Morgan fingerprint density at radius 2 is 2.08 bits per heavy atom. The van der Waals surface area contributed by atoms with E-state index in [2.05, 4.69) is 28.4 Å². The van der Waals surface area contributed by atoms with Crippen LogP contribution in [-0.2, 0) is 16.7 Å². The second-order valence-electron chi connectivity index (χ2n) is 7.06. The molecule has 0 spiro atoms. The summed E-state index contributed by atoms with van der Waals surface area (Å²) in [5, 5.41) is 1.13. The summed E-state index contributed by atoms with van der Waals surface area (Å²) in [6.45, 7) is 4.38. The van der Waals surface area contributed by atoms with E-state index < -0.39 is 11.2 Å². The van der Waals surface area contributed by atoms with Gasteiger partial charge in [-0.2, -0.15) is 9.97 Å². The first-order valence-electron chi connectivity index (χ1n) is 8.22. The second kappa shape index (κ2) is 6.04. The van der Waals surface area contributed by atoms with Crippen molar-refractivity contribution >= 4 is 28.1 Å². The van der Waals surface area contributed by atoms with E-state index >= 15 is 0 Å². The zero-order chi connectivity index (χ0) is 17.6. The summed E-state index contributed by atoms with van der Waals surface area (Å²) in [6, 6.07) is 1.86. The van der Waals surface area contributed by atoms with Crippen LogP contribution in [0.25, 0.3) is 11.0 Å². The molecule has 1 amide bonds. The summed E-state index contributed by atoms with van der Waals surface area (Å²) in [7, 11) is 3.51. The van der Waals surface area contributed by atoms with Gasteiger partial charge in [0.2, 0.25) is 0 Å². The molecule has 3 rings (SSSR count). The highest BCUT2D eigenvalue weighted by Gasteiger charge is 2.44. The van der Waals surface area contributed by atoms with Gasteiger partial charge in [0, 0.05) is 42.4 Å². The normalized spacial score (nSPS) is 17.8. The largest absolute Gasteiger partial charge is 0.609 e. The van der Waals surface area contributed by atoms with Crippen LogP contribution in [0.15, 0.2) is 17.4 Å². The molecule has 0 N–H and O–H groups in total. The predicted molar refractivity (Wildman–Crippen MR) is 94.5 cm³/mol. The standard InChI is InChI=1S/C17H24N4O2S/c1-11(2)17(7-6-8-17)21-13(15(22)20(3)4)9-12-10-18-16(24(5)23)19-14(12)21/h9-11H,6-8H2,1-5H3. The fourth-order valence-electron chi connectivity index (χ4n) is 3.55. The maximum absolute atomic E-state index is 12.8. The van der Waals surface area contributed by atoms with Crippen LogP contribution in [0, 0.1) is 5.92 Å². The summed E-state index contributed by atoms with van der Waals surface area (Å²) in [4.78, 5) is 23.1. The van der Waals surface area contributed by atoms with Crippen molar-refractivity contribution in [2.24, 2.45) is 5.92 Å². The summed E-state index contributed by atoms with van der Waals surface area (Å²) in [6.07, 6.45) is 6.44. The Balaban J connectivity index is 2.31. The lowest BCUT2D eigenvalue weighted by molar-refractivity contribution is 0.0678. The maximum atomic E-state index is 12.8. The minimum Gasteiger partial charge on any atom is -0.609 e. The number of aromatic nitrogens is 3. The third kappa shape index (κ3) is 2.50. The summed E-state index contributed by atoms with van der Waals surface area (Å²) in [5.74, 6) is 0.334. The summed E-state index contributed by atoms with van der Waals surface area (Å²) >= 11 is -1.26. The quantitative estimate of drug-likeness (QED) is 0.628. The van der Waals surface area contributed by atoms with Crippen molar-refractivity contribution in [1.29, 1.82) is 0 Å². The number of amides is 1. The molecule has 2 heterocycles. The van der Waals surface area contributed by atoms with Gasteiger partial charge in [0.25, 0.3) is 5.91 Å². The van der Waals surface area contributed by atoms with Crippen molar-refractivity contribution in [3.63, 3.8) is 0 Å². The molecule has 7 heteroatoms. The number of carbonyl (C=O) groups is 1. The van der Waals surface area contributed by atoms with Gasteiger partial charge in [0.05, 0.1) is 0 Å². The molecule has 0 aliphatic heterocycles. The van der Waals surface area contributed by atoms with Gasteiger partial charge in [-0.25, -0.2) is 0 Å². The van der Waals surface area contributed by atoms with Gasteiger partial charge in [-0.15, -0.1) is 0 Å². The fourth-order valence-corrected chi connectivity index (χ4v) is 3.96. The molecule has 6 nitrogen and oxygen atoms in total. The van der Waals surface area contributed by atoms with E-state index in [-0.39, 0.29) is 11.4 Å². The monoisotopic (exact) mass is 348 g/mol. The van der Waals surface area contributed by atoms with E-state index in [1.165, 1.54) is 0 Å². The summed E-state index contributed by atoms with van der Waals surface area (Å²) in [5.41, 5.74) is 1.24. The van der Waals surface area contributed by atoms with E-state index in [9.17, 15) is 9.35 Å². The predicted octanol–water partition coefficient (Wildman–Crippen LogP) is 2.41. The first-order chi connectivity index (χ1) is 11.3. The highest BCUT2D eigenvalue weighted by Crippen LogP contribution is 2.47. The Morgan fingerprint density at radius 1 is 1.42 bits per heavy atom. The Kier molecular flexibility index (Phi) is 4.34. The Hall–Kier alpha value is -1.60. The van der Waals surface area contributed by atoms with Crippen LogP contribution in [0.5, 0.6) is 0 Å². The molecule has 1 atom stereocenters. The van der Waals surface area contributed by atoms with Crippen LogP contribution < -0.4 is 0 Å². The van der Waals surface area contributed by atoms with Crippen LogP contribution in [0.1, 0.15) is 43.6 Å². The smallest absolute Gasteiger partial charge is 0.344 e. The Labute approximate surface area is 145 Å². The van der Waals surface area contributed by atoms with Crippen molar-refractivity contribution in [3.05, 3.63) is 18.0 Å². The number of rotatable bonds is 4. The maximum Gasteiger partial charge on any atom is 0.344 e. The molecule has 130 valence electrons. The molecule has 1 saturated carbocycles. The van der Waals surface area contributed by atoms with Crippen molar-refractivity contribution < 1.29 is 9.35 Å². The van der Waals surface area contributed by atoms with Crippen molar-refractivity contribution in [2.75, 3.05) is 20.4 Å². The first-order valence-corrected chi connectivity index (χ1v) is 9.78. The molecule has 0 bridgehead atoms. The zero-order valence-electron chi connectivity index (χ0n) is 14.9. The lowest BCUT2D eigenvalue weighted by atomic mass is 9.69. The third-order valence-electron chi connectivity index (χ3n) is 5.14. The average Bonchev–Trinajstić information content (AvgIpc) is 2.83. The molecule has 2 aromatic rings. The molecule has 24 heavy (non-hydrogen) atoms. The molecular weight excluding hydrogens is 324 g/mol. The fraction of sp³-hybridized carbons (Fsp3) is 0.588. The van der Waals surface area contributed by atoms with Gasteiger partial charge in [-0.05, 0) is 31.2 Å². The van der Waals surface area contributed by atoms with Crippen molar-refractivity contribution in [1.82, 2.24) is 19.4 Å². The molecule has 1 aliphatic carbocycles. The minimum atomic E-state index is -1.26. The summed E-state index contributed by atoms with van der Waals surface area (Å²) < 4.78 is 13.9. The first kappa shape index (κ1) is 17.2. The SMILES string of the molecule is CC(C)C1(n2c(C(=O)N(C)C)cc3cnc([S+](C)[O-])nc32)CCC1. The highest BCUT2D eigenvalue weighted by molar-refractivity contribution is 7.90. The number of nitrogens with zero attached hydrogens (tertiary/aromatic N) is 4. The van der Waals surface area contributed by atoms with E-state index in [0.29, 0.717) is 22.4 Å². The van der Waals surface area contributed by atoms with Crippen LogP contribution in [0.2, 0.25) is 0 Å². The molecule has 0 radical (unpaired) electrons. The lowest BCUT2D eigenvalue weighted by Gasteiger charge is -2.48. The number of carbonyl (C=O) groups excluding carboxylic acids is 1. The Bertz CT molecular complexity index is 778. The number of hydrogen-bond acceptors (Lipinski definition) is 4. The molecule has 1 fully saturated rings. The van der Waals surface area contributed by atoms with Gasteiger partial charge in [0.1, 0.15) is 17.6 Å². The average molecular weight is 348 g/mol. The van der Waals surface area contributed by atoms with Gasteiger partial charge in [-0.3, -0.25) is 4.79 Å². The van der Waals surface area contributed by atoms with Crippen LogP contribution in [0.3, 0.4) is 0 Å². The number of fused-ring (bicyclic) bond motifs is 1. The molecule has 2 aromatic heterocycles. The van der Waals surface area contributed by atoms with E-state index in [4.69, 9.17) is 0 Å². The van der Waals surface area contributed by atoms with Crippen LogP contribution in [-0.4, -0.2) is 50.2 Å². The molecule has 0 saturated heterocycles. The van der Waals surface area contributed by atoms with Gasteiger partial charge in [-0.1, -0.05) is 13.8 Å². The molecule has 1 unspecified atom stereocenters. The Morgan fingerprint density at radius 3 is 2.54 bits per heavy atom. The van der Waals surface area contributed by atoms with Crippen molar-refractivity contribution in [2.45, 2.75) is 43.8 Å². The molecule has 1 aliphatic rings. The van der Waals surface area contributed by atoms with Crippen LogP contribution in [0.4, 0.5) is 0 Å². The topological polar surface area (TPSA) is 74.1 Å². The molecule has 0 aromatic carbocycles. The van der Waals surface area contributed by atoms with Crippen LogP contribution >= 0.6 is 0 Å². The third-order valence-corrected chi connectivity index (χ3v) is 5.85. The minimum absolute atomic E-state index is 0.0425.